The number of thioether (sulfide) groups is 1. The molecular formula is C14H24N4OS2. The van der Waals surface area contributed by atoms with Crippen LogP contribution in [0, 0.1) is 0 Å². The molecule has 0 bridgehead atoms. The molecule has 0 radical (unpaired) electrons. The van der Waals surface area contributed by atoms with Gasteiger partial charge in [0, 0.05) is 46.2 Å². The number of likely N-dealkylation sites (N-methyl/N-ethyl adjacent to an activating group) is 1. The third kappa shape index (κ3) is 4.12. The number of nitrogens with one attached hydrogen (secondary N) is 1. The number of carbonyl (C=O) groups is 1. The second-order valence-electron chi connectivity index (χ2n) is 5.34. The molecule has 1 aromatic heterocycles. The number of anilines is 2. The molecule has 2 heterocycles. The number of nitrogen functional groups attached to an aromatic ring is 1. The number of nitrogens with zero attached hydrogens (tertiary/aromatic N) is 2. The van der Waals surface area contributed by atoms with Gasteiger partial charge in [-0.1, -0.05) is 0 Å². The summed E-state index contributed by atoms with van der Waals surface area (Å²) >= 11 is 3.07. The summed E-state index contributed by atoms with van der Waals surface area (Å²) in [5.41, 5.74) is 6.69. The molecule has 0 amide bonds. The van der Waals surface area contributed by atoms with E-state index < -0.39 is 0 Å². The molecule has 1 aliphatic heterocycles. The zero-order valence-electron chi connectivity index (χ0n) is 12.9. The summed E-state index contributed by atoms with van der Waals surface area (Å²) in [5.74, 6) is 0.0416. The van der Waals surface area contributed by atoms with Gasteiger partial charge >= 0.3 is 0 Å². The van der Waals surface area contributed by atoms with Gasteiger partial charge in [0.2, 0.25) is 0 Å². The summed E-state index contributed by atoms with van der Waals surface area (Å²) < 4.78 is 0. The van der Waals surface area contributed by atoms with Gasteiger partial charge in [0.25, 0.3) is 0 Å². The fraction of sp³-hybridized carbons (Fsp3) is 0.643. The van der Waals surface area contributed by atoms with E-state index in [9.17, 15) is 4.79 Å². The van der Waals surface area contributed by atoms with Crippen molar-refractivity contribution < 1.29 is 4.79 Å². The Morgan fingerprint density at radius 1 is 1.38 bits per heavy atom. The molecule has 7 heteroatoms. The van der Waals surface area contributed by atoms with Crippen molar-refractivity contribution in [1.29, 1.82) is 0 Å². The van der Waals surface area contributed by atoms with E-state index in [0.717, 1.165) is 49.2 Å². The zero-order valence-corrected chi connectivity index (χ0v) is 14.6. The van der Waals surface area contributed by atoms with Crippen LogP contribution in [-0.2, 0) is 0 Å². The van der Waals surface area contributed by atoms with Crippen LogP contribution in [0.1, 0.15) is 16.6 Å². The normalized spacial score (nSPS) is 17.1. The van der Waals surface area contributed by atoms with Crippen LogP contribution in [0.4, 0.5) is 10.7 Å². The maximum absolute atomic E-state index is 11.6. The molecule has 0 aromatic carbocycles. The molecule has 118 valence electrons. The molecular weight excluding hydrogens is 304 g/mol. The van der Waals surface area contributed by atoms with Gasteiger partial charge in [-0.3, -0.25) is 9.69 Å². The highest BCUT2D eigenvalue weighted by atomic mass is 32.2. The van der Waals surface area contributed by atoms with Crippen LogP contribution in [-0.4, -0.2) is 68.2 Å². The largest absolute Gasteiger partial charge is 0.396 e. The Morgan fingerprint density at radius 2 is 2.05 bits per heavy atom. The summed E-state index contributed by atoms with van der Waals surface area (Å²) in [6.45, 7) is 7.99. The predicted octanol–water partition coefficient (Wildman–Crippen LogP) is 1.91. The van der Waals surface area contributed by atoms with Crippen LogP contribution in [0.25, 0.3) is 0 Å². The molecule has 0 aliphatic carbocycles. The first-order chi connectivity index (χ1) is 10.0. The minimum absolute atomic E-state index is 0.0416. The zero-order chi connectivity index (χ0) is 15.4. The van der Waals surface area contributed by atoms with Gasteiger partial charge in [0.1, 0.15) is 5.00 Å². The fourth-order valence-corrected chi connectivity index (χ4v) is 4.36. The van der Waals surface area contributed by atoms with Crippen molar-refractivity contribution in [3.8, 4) is 0 Å². The molecule has 3 N–H and O–H groups in total. The molecule has 0 atom stereocenters. The number of thiophene rings is 1. The van der Waals surface area contributed by atoms with E-state index in [1.807, 2.05) is 6.26 Å². The Morgan fingerprint density at radius 3 is 2.62 bits per heavy atom. The first-order valence-electron chi connectivity index (χ1n) is 7.15. The minimum atomic E-state index is 0.0416. The highest BCUT2D eigenvalue weighted by molar-refractivity contribution is 7.99. The first kappa shape index (κ1) is 16.6. The topological polar surface area (TPSA) is 61.6 Å². The van der Waals surface area contributed by atoms with Gasteiger partial charge in [-0.2, -0.15) is 0 Å². The van der Waals surface area contributed by atoms with Crippen molar-refractivity contribution in [2.75, 3.05) is 63.6 Å². The van der Waals surface area contributed by atoms with Crippen LogP contribution >= 0.6 is 23.1 Å². The number of ketones is 1. The maximum atomic E-state index is 11.6. The SMILES string of the molecule is CSc1c(NCCN2CCN(C)CC2)sc(C(C)=O)c1N. The molecule has 0 saturated carbocycles. The molecule has 1 aliphatic rings. The maximum Gasteiger partial charge on any atom is 0.171 e. The van der Waals surface area contributed by atoms with Crippen molar-refractivity contribution in [2.24, 2.45) is 0 Å². The summed E-state index contributed by atoms with van der Waals surface area (Å²) in [7, 11) is 2.16. The van der Waals surface area contributed by atoms with E-state index in [4.69, 9.17) is 5.73 Å². The first-order valence-corrected chi connectivity index (χ1v) is 9.19. The average Bonchev–Trinajstić information content (AvgIpc) is 2.77. The van der Waals surface area contributed by atoms with Crippen molar-refractivity contribution in [3.63, 3.8) is 0 Å². The smallest absolute Gasteiger partial charge is 0.171 e. The Kier molecular flexibility index (Phi) is 5.92. The van der Waals surface area contributed by atoms with Gasteiger partial charge in [-0.05, 0) is 13.3 Å². The molecule has 0 spiro atoms. The quantitative estimate of drug-likeness (QED) is 0.614. The summed E-state index contributed by atoms with van der Waals surface area (Å²) in [6.07, 6.45) is 1.99. The number of rotatable bonds is 6. The van der Waals surface area contributed by atoms with Crippen LogP contribution in [0.5, 0.6) is 0 Å². The number of piperazine rings is 1. The predicted molar refractivity (Wildman–Crippen MR) is 92.9 cm³/mol. The van der Waals surface area contributed by atoms with Crippen molar-refractivity contribution >= 4 is 39.6 Å². The molecule has 1 fully saturated rings. The number of hydrogen-bond donors (Lipinski definition) is 2. The Hall–Kier alpha value is -0.760. The lowest BCUT2D eigenvalue weighted by Gasteiger charge is -2.32. The Balaban J connectivity index is 1.91. The Bertz CT molecular complexity index is 495. The van der Waals surface area contributed by atoms with E-state index in [0.29, 0.717) is 10.6 Å². The van der Waals surface area contributed by atoms with E-state index in [1.165, 1.54) is 11.3 Å². The number of carbonyl (C=O) groups excluding carboxylic acids is 1. The van der Waals surface area contributed by atoms with Crippen LogP contribution in [0.2, 0.25) is 0 Å². The molecule has 5 nitrogen and oxygen atoms in total. The monoisotopic (exact) mass is 328 g/mol. The highest BCUT2D eigenvalue weighted by Gasteiger charge is 2.18. The molecule has 1 aromatic rings. The van der Waals surface area contributed by atoms with Gasteiger partial charge in [0.05, 0.1) is 15.5 Å². The van der Waals surface area contributed by atoms with Crippen molar-refractivity contribution in [3.05, 3.63) is 4.88 Å². The molecule has 0 unspecified atom stereocenters. The van der Waals surface area contributed by atoms with Gasteiger partial charge < -0.3 is 16.0 Å². The molecule has 2 rings (SSSR count). The van der Waals surface area contributed by atoms with Gasteiger partial charge in [0.15, 0.2) is 5.78 Å². The van der Waals surface area contributed by atoms with Crippen molar-refractivity contribution in [2.45, 2.75) is 11.8 Å². The van der Waals surface area contributed by atoms with Gasteiger partial charge in [-0.25, -0.2) is 0 Å². The number of Topliss-reactive ketones (excluding diaryl/α,β-unsaturated/α-hetero) is 1. The van der Waals surface area contributed by atoms with E-state index in [-0.39, 0.29) is 5.78 Å². The standard InChI is InChI=1S/C14H24N4OS2/c1-10(19)12-11(15)13(20-3)14(21-12)16-4-5-18-8-6-17(2)7-9-18/h16H,4-9,15H2,1-3H3. The second kappa shape index (κ2) is 7.49. The van der Waals surface area contributed by atoms with Crippen LogP contribution in [0.3, 0.4) is 0 Å². The average molecular weight is 329 g/mol. The summed E-state index contributed by atoms with van der Waals surface area (Å²) in [4.78, 5) is 18.1. The van der Waals surface area contributed by atoms with E-state index in [2.05, 4.69) is 22.2 Å². The summed E-state index contributed by atoms with van der Waals surface area (Å²) in [5, 5.41) is 4.48. The third-order valence-electron chi connectivity index (χ3n) is 3.73. The van der Waals surface area contributed by atoms with Crippen LogP contribution in [0.15, 0.2) is 4.90 Å². The third-order valence-corrected chi connectivity index (χ3v) is 5.96. The van der Waals surface area contributed by atoms with Crippen molar-refractivity contribution in [1.82, 2.24) is 9.80 Å². The minimum Gasteiger partial charge on any atom is -0.396 e. The highest BCUT2D eigenvalue weighted by Crippen LogP contribution is 2.41. The molecule has 21 heavy (non-hydrogen) atoms. The number of hydrogen-bond acceptors (Lipinski definition) is 7. The summed E-state index contributed by atoms with van der Waals surface area (Å²) in [6, 6.07) is 0. The van der Waals surface area contributed by atoms with Crippen LogP contribution < -0.4 is 11.1 Å². The lowest BCUT2D eigenvalue weighted by Crippen LogP contribution is -2.45. The lowest BCUT2D eigenvalue weighted by molar-refractivity contribution is 0.102. The lowest BCUT2D eigenvalue weighted by atomic mass is 10.3. The van der Waals surface area contributed by atoms with E-state index in [1.54, 1.807) is 18.7 Å². The number of nitrogens with two attached hydrogens (primary N) is 1. The van der Waals surface area contributed by atoms with Gasteiger partial charge in [-0.15, -0.1) is 23.1 Å². The van der Waals surface area contributed by atoms with E-state index >= 15 is 0 Å². The second-order valence-corrected chi connectivity index (χ2v) is 7.17. The Labute approximate surface area is 134 Å². The fourth-order valence-electron chi connectivity index (χ4n) is 2.41. The molecule has 1 saturated heterocycles.